The zero-order chi connectivity index (χ0) is 12.3. The van der Waals surface area contributed by atoms with Gasteiger partial charge in [0.15, 0.2) is 0 Å². The maximum Gasteiger partial charge on any atom is 0.208 e. The van der Waals surface area contributed by atoms with Gasteiger partial charge in [-0.25, -0.2) is 4.98 Å². The van der Waals surface area contributed by atoms with Crippen LogP contribution in [0.25, 0.3) is 0 Å². The van der Waals surface area contributed by atoms with E-state index in [1.807, 2.05) is 13.8 Å². The van der Waals surface area contributed by atoms with Gasteiger partial charge in [-0.3, -0.25) is 0 Å². The van der Waals surface area contributed by atoms with Gasteiger partial charge in [-0.15, -0.1) is 0 Å². The second-order valence-corrected chi connectivity index (χ2v) is 4.20. The Balaban J connectivity index is 1.83. The molecule has 0 bridgehead atoms. The van der Waals surface area contributed by atoms with Gasteiger partial charge in [0.2, 0.25) is 5.89 Å². The average Bonchev–Trinajstić information content (AvgIpc) is 2.87. The van der Waals surface area contributed by atoms with Gasteiger partial charge in [0, 0.05) is 25.5 Å². The Morgan fingerprint density at radius 1 is 1.35 bits per heavy atom. The van der Waals surface area contributed by atoms with Crippen molar-refractivity contribution in [2.45, 2.75) is 40.4 Å². The van der Waals surface area contributed by atoms with E-state index in [9.17, 15) is 0 Å². The third-order valence-electron chi connectivity index (χ3n) is 2.86. The highest BCUT2D eigenvalue weighted by Crippen LogP contribution is 2.08. The third-order valence-corrected chi connectivity index (χ3v) is 2.86. The molecule has 0 aliphatic carbocycles. The molecule has 17 heavy (non-hydrogen) atoms. The highest BCUT2D eigenvalue weighted by molar-refractivity contribution is 5.10. The standard InChI is InChI=1S/C13H19N3O/c1-4-16-6-5-12(9-16)7-14-8-13-15-10(2)11(3)17-13/h5-6,9,14H,4,7-8H2,1-3H3. The van der Waals surface area contributed by atoms with E-state index in [1.165, 1.54) is 5.56 Å². The summed E-state index contributed by atoms with van der Waals surface area (Å²) in [5.74, 6) is 1.66. The Hall–Kier alpha value is -1.55. The number of rotatable bonds is 5. The summed E-state index contributed by atoms with van der Waals surface area (Å²) in [5, 5.41) is 3.33. The van der Waals surface area contributed by atoms with E-state index in [-0.39, 0.29) is 0 Å². The zero-order valence-electron chi connectivity index (χ0n) is 10.7. The molecule has 0 saturated carbocycles. The fourth-order valence-corrected chi connectivity index (χ4v) is 1.72. The summed E-state index contributed by atoms with van der Waals surface area (Å²) in [4.78, 5) is 4.33. The monoisotopic (exact) mass is 233 g/mol. The highest BCUT2D eigenvalue weighted by atomic mass is 16.4. The lowest BCUT2D eigenvalue weighted by Crippen LogP contribution is -2.12. The fraction of sp³-hybridized carbons (Fsp3) is 0.462. The normalized spacial score (nSPS) is 11.0. The van der Waals surface area contributed by atoms with Crippen molar-refractivity contribution in [1.82, 2.24) is 14.9 Å². The summed E-state index contributed by atoms with van der Waals surface area (Å²) < 4.78 is 7.66. The molecule has 2 aromatic heterocycles. The summed E-state index contributed by atoms with van der Waals surface area (Å²) >= 11 is 0. The molecule has 0 unspecified atom stereocenters. The van der Waals surface area contributed by atoms with E-state index in [1.54, 1.807) is 0 Å². The van der Waals surface area contributed by atoms with E-state index >= 15 is 0 Å². The molecule has 0 amide bonds. The largest absolute Gasteiger partial charge is 0.444 e. The molecule has 2 aromatic rings. The lowest BCUT2D eigenvalue weighted by Gasteiger charge is -1.99. The first kappa shape index (κ1) is 11.9. The molecule has 0 fully saturated rings. The van der Waals surface area contributed by atoms with Crippen LogP contribution in [-0.2, 0) is 19.6 Å². The average molecular weight is 233 g/mol. The van der Waals surface area contributed by atoms with Crippen LogP contribution in [0.5, 0.6) is 0 Å². The minimum absolute atomic E-state index is 0.673. The molecule has 0 aromatic carbocycles. The van der Waals surface area contributed by atoms with Crippen molar-refractivity contribution in [1.29, 1.82) is 0 Å². The van der Waals surface area contributed by atoms with Gasteiger partial charge >= 0.3 is 0 Å². The summed E-state index contributed by atoms with van der Waals surface area (Å²) in [5.41, 5.74) is 2.26. The van der Waals surface area contributed by atoms with Crippen molar-refractivity contribution in [2.24, 2.45) is 0 Å². The minimum Gasteiger partial charge on any atom is -0.444 e. The summed E-state index contributed by atoms with van der Waals surface area (Å²) in [6.45, 7) is 8.56. The van der Waals surface area contributed by atoms with Crippen LogP contribution in [0.3, 0.4) is 0 Å². The van der Waals surface area contributed by atoms with Crippen molar-refractivity contribution in [3.05, 3.63) is 41.4 Å². The van der Waals surface area contributed by atoms with Crippen LogP contribution in [0.4, 0.5) is 0 Å². The molecular weight excluding hydrogens is 214 g/mol. The fourth-order valence-electron chi connectivity index (χ4n) is 1.72. The quantitative estimate of drug-likeness (QED) is 0.862. The molecular formula is C13H19N3O. The Morgan fingerprint density at radius 2 is 2.18 bits per heavy atom. The second-order valence-electron chi connectivity index (χ2n) is 4.20. The van der Waals surface area contributed by atoms with Gasteiger partial charge in [0.05, 0.1) is 12.2 Å². The SMILES string of the molecule is CCn1ccc(CNCc2nc(C)c(C)o2)c1. The first-order chi connectivity index (χ1) is 8.19. The molecule has 92 valence electrons. The Kier molecular flexibility index (Phi) is 3.64. The van der Waals surface area contributed by atoms with Crippen molar-refractivity contribution in [3.63, 3.8) is 0 Å². The van der Waals surface area contributed by atoms with Gasteiger partial charge in [0.25, 0.3) is 0 Å². The molecule has 2 heterocycles. The van der Waals surface area contributed by atoms with E-state index in [0.717, 1.165) is 30.4 Å². The lowest BCUT2D eigenvalue weighted by atomic mass is 10.3. The number of aryl methyl sites for hydroxylation is 3. The highest BCUT2D eigenvalue weighted by Gasteiger charge is 2.04. The van der Waals surface area contributed by atoms with Crippen LogP contribution < -0.4 is 5.32 Å². The molecule has 4 nitrogen and oxygen atoms in total. The first-order valence-corrected chi connectivity index (χ1v) is 5.97. The zero-order valence-corrected chi connectivity index (χ0v) is 10.7. The van der Waals surface area contributed by atoms with E-state index in [4.69, 9.17) is 4.42 Å². The molecule has 2 rings (SSSR count). The Bertz CT molecular complexity index is 465. The predicted molar refractivity (Wildman–Crippen MR) is 66.6 cm³/mol. The lowest BCUT2D eigenvalue weighted by molar-refractivity contribution is 0.448. The van der Waals surface area contributed by atoms with E-state index < -0.39 is 0 Å². The number of hydrogen-bond acceptors (Lipinski definition) is 3. The van der Waals surface area contributed by atoms with E-state index in [0.29, 0.717) is 6.54 Å². The number of oxazole rings is 1. The van der Waals surface area contributed by atoms with Crippen LogP contribution in [-0.4, -0.2) is 9.55 Å². The van der Waals surface area contributed by atoms with Gasteiger partial charge in [-0.05, 0) is 32.4 Å². The minimum atomic E-state index is 0.673. The van der Waals surface area contributed by atoms with Crippen molar-refractivity contribution >= 4 is 0 Å². The molecule has 0 spiro atoms. The predicted octanol–water partition coefficient (Wildman–Crippen LogP) is 2.40. The van der Waals surface area contributed by atoms with Gasteiger partial charge in [-0.2, -0.15) is 0 Å². The molecule has 0 aliphatic heterocycles. The Labute approximate surface area is 102 Å². The van der Waals surface area contributed by atoms with Gasteiger partial charge in [-0.1, -0.05) is 0 Å². The molecule has 0 aliphatic rings. The van der Waals surface area contributed by atoms with Crippen LogP contribution in [0.1, 0.15) is 29.8 Å². The maximum atomic E-state index is 5.50. The van der Waals surface area contributed by atoms with E-state index in [2.05, 4.69) is 40.3 Å². The summed E-state index contributed by atoms with van der Waals surface area (Å²) in [6.07, 6.45) is 4.25. The number of nitrogens with zero attached hydrogens (tertiary/aromatic N) is 2. The number of nitrogens with one attached hydrogen (secondary N) is 1. The van der Waals surface area contributed by atoms with Crippen molar-refractivity contribution < 1.29 is 4.42 Å². The maximum absolute atomic E-state index is 5.50. The Morgan fingerprint density at radius 3 is 2.76 bits per heavy atom. The van der Waals surface area contributed by atoms with Crippen LogP contribution in [0, 0.1) is 13.8 Å². The van der Waals surface area contributed by atoms with Crippen LogP contribution in [0.15, 0.2) is 22.9 Å². The number of aromatic nitrogens is 2. The summed E-state index contributed by atoms with van der Waals surface area (Å²) in [6, 6.07) is 2.13. The second kappa shape index (κ2) is 5.19. The molecule has 0 atom stereocenters. The van der Waals surface area contributed by atoms with Gasteiger partial charge < -0.3 is 14.3 Å². The molecule has 0 saturated heterocycles. The van der Waals surface area contributed by atoms with Gasteiger partial charge in [0.1, 0.15) is 5.76 Å². The van der Waals surface area contributed by atoms with Crippen molar-refractivity contribution in [2.75, 3.05) is 0 Å². The summed E-state index contributed by atoms with van der Waals surface area (Å²) in [7, 11) is 0. The number of hydrogen-bond donors (Lipinski definition) is 1. The third kappa shape index (κ3) is 2.97. The van der Waals surface area contributed by atoms with Crippen molar-refractivity contribution in [3.8, 4) is 0 Å². The molecule has 4 heteroatoms. The topological polar surface area (TPSA) is 43.0 Å². The smallest absolute Gasteiger partial charge is 0.208 e. The van der Waals surface area contributed by atoms with Crippen LogP contribution >= 0.6 is 0 Å². The molecule has 0 radical (unpaired) electrons. The first-order valence-electron chi connectivity index (χ1n) is 5.97. The van der Waals surface area contributed by atoms with Crippen LogP contribution in [0.2, 0.25) is 0 Å². The molecule has 1 N–H and O–H groups in total.